The van der Waals surface area contributed by atoms with Crippen LogP contribution in [0.15, 0.2) is 0 Å². The molecule has 0 unspecified atom stereocenters. The van der Waals surface area contributed by atoms with Gasteiger partial charge in [-0.3, -0.25) is 4.79 Å². The summed E-state index contributed by atoms with van der Waals surface area (Å²) in [6.07, 6.45) is -3.29. The standard InChI is InChI=1S/C11H17F3O3/c12-11(13,14)10(17)6-4-8(5-7-10)2-1-3-9(15)16/h8,17H,1-7H2,(H,15,16). The molecule has 0 bridgehead atoms. The minimum absolute atomic E-state index is 0.0556. The largest absolute Gasteiger partial charge is 0.481 e. The molecule has 0 aromatic carbocycles. The fourth-order valence-corrected chi connectivity index (χ4v) is 2.27. The monoisotopic (exact) mass is 254 g/mol. The summed E-state index contributed by atoms with van der Waals surface area (Å²) >= 11 is 0. The van der Waals surface area contributed by atoms with Crippen LogP contribution in [0.1, 0.15) is 44.9 Å². The van der Waals surface area contributed by atoms with E-state index in [9.17, 15) is 23.1 Å². The quantitative estimate of drug-likeness (QED) is 0.811. The Balaban J connectivity index is 2.33. The lowest BCUT2D eigenvalue weighted by atomic mass is 9.76. The number of hydrogen-bond acceptors (Lipinski definition) is 2. The smallest absolute Gasteiger partial charge is 0.417 e. The highest BCUT2D eigenvalue weighted by molar-refractivity contribution is 5.66. The number of carboxylic acids is 1. The Kier molecular flexibility index (Phi) is 4.41. The Morgan fingerprint density at radius 1 is 1.29 bits per heavy atom. The van der Waals surface area contributed by atoms with E-state index in [0.717, 1.165) is 0 Å². The minimum atomic E-state index is -4.56. The summed E-state index contributed by atoms with van der Waals surface area (Å²) in [6.45, 7) is 0. The van der Waals surface area contributed by atoms with Gasteiger partial charge < -0.3 is 10.2 Å². The number of carboxylic acid groups (broad SMARTS) is 1. The molecule has 0 amide bonds. The second-order valence-electron chi connectivity index (χ2n) is 4.76. The van der Waals surface area contributed by atoms with E-state index in [-0.39, 0.29) is 25.2 Å². The SMILES string of the molecule is O=C(O)CCCC1CCC(O)(C(F)(F)F)CC1. The molecule has 3 nitrogen and oxygen atoms in total. The third-order valence-corrected chi connectivity index (χ3v) is 3.46. The first kappa shape index (κ1) is 14.3. The molecule has 1 fully saturated rings. The van der Waals surface area contributed by atoms with Crippen LogP contribution in [0.4, 0.5) is 13.2 Å². The molecular weight excluding hydrogens is 237 g/mol. The summed E-state index contributed by atoms with van der Waals surface area (Å²) in [4.78, 5) is 10.3. The van der Waals surface area contributed by atoms with Gasteiger partial charge in [-0.25, -0.2) is 0 Å². The zero-order valence-corrected chi connectivity index (χ0v) is 9.46. The van der Waals surface area contributed by atoms with E-state index in [4.69, 9.17) is 5.11 Å². The van der Waals surface area contributed by atoms with Crippen LogP contribution in [0.25, 0.3) is 0 Å². The summed E-state index contributed by atoms with van der Waals surface area (Å²) in [5.74, 6) is -0.774. The number of alkyl halides is 3. The highest BCUT2D eigenvalue weighted by Gasteiger charge is 2.54. The third kappa shape index (κ3) is 3.87. The van der Waals surface area contributed by atoms with Crippen molar-refractivity contribution in [3.8, 4) is 0 Å². The molecule has 0 radical (unpaired) electrons. The normalized spacial score (nSPS) is 30.2. The molecule has 1 aliphatic carbocycles. The van der Waals surface area contributed by atoms with E-state index in [2.05, 4.69) is 0 Å². The van der Waals surface area contributed by atoms with E-state index >= 15 is 0 Å². The fourth-order valence-electron chi connectivity index (χ4n) is 2.27. The van der Waals surface area contributed by atoms with Crippen LogP contribution in [-0.2, 0) is 4.79 Å². The number of aliphatic hydroxyl groups is 1. The predicted molar refractivity (Wildman–Crippen MR) is 54.4 cm³/mol. The Morgan fingerprint density at radius 2 is 1.82 bits per heavy atom. The zero-order valence-electron chi connectivity index (χ0n) is 9.46. The zero-order chi connectivity index (χ0) is 13.1. The summed E-state index contributed by atoms with van der Waals surface area (Å²) in [7, 11) is 0. The second-order valence-corrected chi connectivity index (χ2v) is 4.76. The molecule has 1 aliphatic rings. The summed E-state index contributed by atoms with van der Waals surface area (Å²) in [5, 5.41) is 17.9. The van der Waals surface area contributed by atoms with Gasteiger partial charge in [-0.2, -0.15) is 13.2 Å². The highest BCUT2D eigenvalue weighted by Crippen LogP contribution is 2.44. The van der Waals surface area contributed by atoms with Crippen molar-refractivity contribution in [2.45, 2.75) is 56.7 Å². The molecule has 6 heteroatoms. The van der Waals surface area contributed by atoms with Gasteiger partial charge in [0.05, 0.1) is 0 Å². The van der Waals surface area contributed by atoms with Gasteiger partial charge in [-0.15, -0.1) is 0 Å². The van der Waals surface area contributed by atoms with Crippen LogP contribution in [0.5, 0.6) is 0 Å². The van der Waals surface area contributed by atoms with Crippen LogP contribution in [0.2, 0.25) is 0 Å². The van der Waals surface area contributed by atoms with Gasteiger partial charge in [0, 0.05) is 6.42 Å². The van der Waals surface area contributed by atoms with Crippen molar-refractivity contribution < 1.29 is 28.2 Å². The van der Waals surface area contributed by atoms with Crippen molar-refractivity contribution in [3.05, 3.63) is 0 Å². The van der Waals surface area contributed by atoms with E-state index in [1.54, 1.807) is 0 Å². The first-order valence-electron chi connectivity index (χ1n) is 5.75. The lowest BCUT2D eigenvalue weighted by molar-refractivity contribution is -0.272. The van der Waals surface area contributed by atoms with E-state index in [0.29, 0.717) is 25.7 Å². The highest BCUT2D eigenvalue weighted by atomic mass is 19.4. The lowest BCUT2D eigenvalue weighted by Gasteiger charge is -2.37. The molecule has 0 heterocycles. The molecule has 0 aromatic rings. The Bertz CT molecular complexity index is 268. The molecular formula is C11H17F3O3. The van der Waals surface area contributed by atoms with Crippen LogP contribution in [-0.4, -0.2) is 28.0 Å². The Hall–Kier alpha value is -0.780. The first-order chi connectivity index (χ1) is 7.74. The number of rotatable bonds is 4. The van der Waals surface area contributed by atoms with E-state index in [1.165, 1.54) is 0 Å². The molecule has 2 N–H and O–H groups in total. The molecule has 1 rings (SSSR count). The summed E-state index contributed by atoms with van der Waals surface area (Å²) in [6, 6.07) is 0. The third-order valence-electron chi connectivity index (χ3n) is 3.46. The van der Waals surface area contributed by atoms with Crippen LogP contribution < -0.4 is 0 Å². The van der Waals surface area contributed by atoms with Crippen molar-refractivity contribution in [1.29, 1.82) is 0 Å². The van der Waals surface area contributed by atoms with Gasteiger partial charge in [0.2, 0.25) is 0 Å². The molecule has 100 valence electrons. The molecule has 17 heavy (non-hydrogen) atoms. The van der Waals surface area contributed by atoms with Crippen LogP contribution >= 0.6 is 0 Å². The average molecular weight is 254 g/mol. The van der Waals surface area contributed by atoms with Crippen molar-refractivity contribution in [2.75, 3.05) is 0 Å². The van der Waals surface area contributed by atoms with E-state index in [1.807, 2.05) is 0 Å². The van der Waals surface area contributed by atoms with Gasteiger partial charge in [0.1, 0.15) is 0 Å². The molecule has 1 saturated carbocycles. The number of carbonyl (C=O) groups is 1. The van der Waals surface area contributed by atoms with Crippen LogP contribution in [0.3, 0.4) is 0 Å². The van der Waals surface area contributed by atoms with Gasteiger partial charge in [-0.05, 0) is 44.4 Å². The van der Waals surface area contributed by atoms with E-state index < -0.39 is 17.7 Å². The number of halogens is 3. The topological polar surface area (TPSA) is 57.5 Å². The maximum Gasteiger partial charge on any atom is 0.417 e. The Morgan fingerprint density at radius 3 is 2.24 bits per heavy atom. The van der Waals surface area contributed by atoms with Crippen molar-refractivity contribution in [3.63, 3.8) is 0 Å². The molecule has 0 spiro atoms. The van der Waals surface area contributed by atoms with Crippen molar-refractivity contribution in [1.82, 2.24) is 0 Å². The van der Waals surface area contributed by atoms with Gasteiger partial charge in [0.25, 0.3) is 0 Å². The van der Waals surface area contributed by atoms with Gasteiger partial charge in [-0.1, -0.05) is 0 Å². The Labute approximate surface area is 97.6 Å². The second kappa shape index (κ2) is 5.25. The average Bonchev–Trinajstić information content (AvgIpc) is 2.19. The lowest BCUT2D eigenvalue weighted by Crippen LogP contribution is -2.47. The molecule has 0 aromatic heterocycles. The summed E-state index contributed by atoms with van der Waals surface area (Å²) < 4.78 is 37.4. The van der Waals surface area contributed by atoms with Gasteiger partial charge in [0.15, 0.2) is 5.60 Å². The minimum Gasteiger partial charge on any atom is -0.481 e. The first-order valence-corrected chi connectivity index (χ1v) is 5.75. The van der Waals surface area contributed by atoms with Gasteiger partial charge >= 0.3 is 12.1 Å². The fraction of sp³-hybridized carbons (Fsp3) is 0.909. The maximum absolute atomic E-state index is 12.5. The maximum atomic E-state index is 12.5. The molecule has 0 aliphatic heterocycles. The van der Waals surface area contributed by atoms with Crippen molar-refractivity contribution in [2.24, 2.45) is 5.92 Å². The van der Waals surface area contributed by atoms with Crippen molar-refractivity contribution >= 4 is 5.97 Å². The molecule has 0 saturated heterocycles. The number of aliphatic carboxylic acids is 1. The number of hydrogen-bond donors (Lipinski definition) is 2. The predicted octanol–water partition coefficient (Wildman–Crippen LogP) is 2.72. The van der Waals surface area contributed by atoms with Crippen LogP contribution in [0, 0.1) is 5.92 Å². The molecule has 0 atom stereocenters. The summed E-state index contributed by atoms with van der Waals surface area (Å²) in [5.41, 5.74) is -2.53.